The van der Waals surface area contributed by atoms with Crippen LogP contribution in [0.4, 0.5) is 0 Å². The molecule has 2 nitrogen and oxygen atoms in total. The predicted octanol–water partition coefficient (Wildman–Crippen LogP) is 12.0. The molecule has 0 amide bonds. The smallest absolute Gasteiger partial charge is 0.0991 e. The number of para-hydroxylation sites is 1. The molecule has 0 atom stereocenters. The van der Waals surface area contributed by atoms with Gasteiger partial charge in [-0.25, -0.2) is 0 Å². The minimum atomic E-state index is 0.669. The number of aromatic nitrogens is 1. The summed E-state index contributed by atoms with van der Waals surface area (Å²) in [5, 5.41) is 14.4. The molecule has 2 aromatic heterocycles. The van der Waals surface area contributed by atoms with E-state index in [1.54, 1.807) is 0 Å². The van der Waals surface area contributed by atoms with Crippen LogP contribution in [-0.4, -0.2) is 4.57 Å². The van der Waals surface area contributed by atoms with Crippen LogP contribution in [0.15, 0.2) is 158 Å². The molecule has 0 aliphatic heterocycles. The standard InChI is InChI=1S/C43H26N2S/c44-27-28-17-19-41-38(21-28)36-13-4-6-15-40(36)45(41)35-12-8-11-30(25-35)33-22-32(29-9-2-1-3-10-29)23-34(24-33)31-18-20-43-39(26-31)37-14-5-7-16-42(37)46-43/h1-26H. The van der Waals surface area contributed by atoms with Crippen molar-refractivity contribution in [2.24, 2.45) is 0 Å². The summed E-state index contributed by atoms with van der Waals surface area (Å²) >= 11 is 1.85. The van der Waals surface area contributed by atoms with Gasteiger partial charge in [0.1, 0.15) is 0 Å². The van der Waals surface area contributed by atoms with Crippen LogP contribution < -0.4 is 0 Å². The summed E-state index contributed by atoms with van der Waals surface area (Å²) in [6, 6.07) is 58.7. The zero-order valence-electron chi connectivity index (χ0n) is 24.8. The van der Waals surface area contributed by atoms with Gasteiger partial charge in [-0.05, 0) is 106 Å². The lowest BCUT2D eigenvalue weighted by Crippen LogP contribution is -1.94. The third-order valence-corrected chi connectivity index (χ3v) is 10.1. The summed E-state index contributed by atoms with van der Waals surface area (Å²) in [7, 11) is 0. The van der Waals surface area contributed by atoms with E-state index in [1.807, 2.05) is 23.5 Å². The first-order valence-electron chi connectivity index (χ1n) is 15.4. The Balaban J connectivity index is 1.24. The number of benzene rings is 7. The normalized spacial score (nSPS) is 11.5. The van der Waals surface area contributed by atoms with E-state index in [0.717, 1.165) is 33.1 Å². The zero-order chi connectivity index (χ0) is 30.6. The van der Waals surface area contributed by atoms with Gasteiger partial charge >= 0.3 is 0 Å². The van der Waals surface area contributed by atoms with Crippen LogP contribution in [0.3, 0.4) is 0 Å². The molecule has 0 N–H and O–H groups in total. The highest BCUT2D eigenvalue weighted by atomic mass is 32.1. The van der Waals surface area contributed by atoms with Gasteiger partial charge in [-0.15, -0.1) is 11.3 Å². The second-order valence-electron chi connectivity index (χ2n) is 11.7. The van der Waals surface area contributed by atoms with E-state index in [1.165, 1.54) is 48.0 Å². The number of nitriles is 1. The van der Waals surface area contributed by atoms with Crippen LogP contribution in [0.2, 0.25) is 0 Å². The lowest BCUT2D eigenvalue weighted by Gasteiger charge is -2.14. The summed E-state index contributed by atoms with van der Waals surface area (Å²) in [5.74, 6) is 0. The molecule has 2 heterocycles. The van der Waals surface area contributed by atoms with Crippen LogP contribution in [0.1, 0.15) is 5.56 Å². The van der Waals surface area contributed by atoms with E-state index in [4.69, 9.17) is 0 Å². The van der Waals surface area contributed by atoms with Crippen molar-refractivity contribution < 1.29 is 0 Å². The van der Waals surface area contributed by atoms with Crippen LogP contribution >= 0.6 is 11.3 Å². The van der Waals surface area contributed by atoms with Crippen LogP contribution in [0.25, 0.3) is 81.0 Å². The molecule has 3 heteroatoms. The summed E-state index contributed by atoms with van der Waals surface area (Å²) < 4.78 is 4.94. The maximum atomic E-state index is 9.60. The monoisotopic (exact) mass is 602 g/mol. The number of thiophene rings is 1. The number of nitrogens with zero attached hydrogens (tertiary/aromatic N) is 2. The minimum absolute atomic E-state index is 0.669. The average Bonchev–Trinajstić information content (AvgIpc) is 3.67. The quantitative estimate of drug-likeness (QED) is 0.197. The molecular formula is C43H26N2S. The first-order chi connectivity index (χ1) is 22.7. The van der Waals surface area contributed by atoms with Gasteiger partial charge in [0, 0.05) is 36.6 Å². The maximum absolute atomic E-state index is 9.60. The first-order valence-corrected chi connectivity index (χ1v) is 16.2. The lowest BCUT2D eigenvalue weighted by atomic mass is 9.92. The summed E-state index contributed by atoms with van der Waals surface area (Å²) in [6.45, 7) is 0. The number of fused-ring (bicyclic) bond motifs is 6. The van der Waals surface area contributed by atoms with Crippen molar-refractivity contribution in [3.63, 3.8) is 0 Å². The van der Waals surface area contributed by atoms with Crippen LogP contribution in [-0.2, 0) is 0 Å². The van der Waals surface area contributed by atoms with Crippen molar-refractivity contribution in [2.75, 3.05) is 0 Å². The molecule has 214 valence electrons. The molecule has 0 fully saturated rings. The fourth-order valence-electron chi connectivity index (χ4n) is 6.81. The Hall–Kier alpha value is -5.95. The second kappa shape index (κ2) is 10.6. The largest absolute Gasteiger partial charge is 0.309 e. The molecule has 7 aromatic carbocycles. The van der Waals surface area contributed by atoms with Crippen molar-refractivity contribution in [1.29, 1.82) is 5.26 Å². The molecule has 0 bridgehead atoms. The van der Waals surface area contributed by atoms with Gasteiger partial charge in [-0.1, -0.05) is 84.9 Å². The highest BCUT2D eigenvalue weighted by Gasteiger charge is 2.15. The third kappa shape index (κ3) is 4.31. The summed E-state index contributed by atoms with van der Waals surface area (Å²) in [6.07, 6.45) is 0. The molecule has 0 aliphatic carbocycles. The van der Waals surface area contributed by atoms with Crippen molar-refractivity contribution >= 4 is 53.3 Å². The molecule has 0 saturated heterocycles. The van der Waals surface area contributed by atoms with E-state index in [0.29, 0.717) is 5.56 Å². The van der Waals surface area contributed by atoms with Gasteiger partial charge in [0.2, 0.25) is 0 Å². The van der Waals surface area contributed by atoms with Gasteiger partial charge in [0.05, 0.1) is 22.7 Å². The Morgan fingerprint density at radius 3 is 1.89 bits per heavy atom. The van der Waals surface area contributed by atoms with Crippen molar-refractivity contribution in [3.8, 4) is 45.1 Å². The van der Waals surface area contributed by atoms with Crippen molar-refractivity contribution in [3.05, 3.63) is 163 Å². The van der Waals surface area contributed by atoms with E-state index in [9.17, 15) is 5.26 Å². The van der Waals surface area contributed by atoms with Crippen molar-refractivity contribution in [1.82, 2.24) is 4.57 Å². The Kier molecular flexibility index (Phi) is 6.09. The summed E-state index contributed by atoms with van der Waals surface area (Å²) in [4.78, 5) is 0. The highest BCUT2D eigenvalue weighted by Crippen LogP contribution is 2.39. The Morgan fingerprint density at radius 1 is 0.413 bits per heavy atom. The minimum Gasteiger partial charge on any atom is -0.309 e. The number of hydrogen-bond acceptors (Lipinski definition) is 2. The fraction of sp³-hybridized carbons (Fsp3) is 0. The third-order valence-electron chi connectivity index (χ3n) is 8.99. The van der Waals surface area contributed by atoms with E-state index >= 15 is 0 Å². The second-order valence-corrected chi connectivity index (χ2v) is 12.8. The van der Waals surface area contributed by atoms with Crippen molar-refractivity contribution in [2.45, 2.75) is 0 Å². The molecule has 0 spiro atoms. The van der Waals surface area contributed by atoms with Crippen LogP contribution in [0.5, 0.6) is 0 Å². The van der Waals surface area contributed by atoms with Gasteiger partial charge in [0.15, 0.2) is 0 Å². The average molecular weight is 603 g/mol. The molecular weight excluding hydrogens is 577 g/mol. The first kappa shape index (κ1) is 26.5. The Morgan fingerprint density at radius 2 is 1.07 bits per heavy atom. The van der Waals surface area contributed by atoms with E-state index < -0.39 is 0 Å². The topological polar surface area (TPSA) is 28.7 Å². The van der Waals surface area contributed by atoms with Gasteiger partial charge in [0.25, 0.3) is 0 Å². The van der Waals surface area contributed by atoms with Gasteiger partial charge in [-0.2, -0.15) is 5.26 Å². The van der Waals surface area contributed by atoms with E-state index in [2.05, 4.69) is 156 Å². The van der Waals surface area contributed by atoms with Crippen LogP contribution in [0, 0.1) is 11.3 Å². The molecule has 0 aliphatic rings. The predicted molar refractivity (Wildman–Crippen MR) is 195 cm³/mol. The Labute approximate surface area is 270 Å². The number of hydrogen-bond donors (Lipinski definition) is 0. The molecule has 9 aromatic rings. The number of rotatable bonds is 4. The maximum Gasteiger partial charge on any atom is 0.0991 e. The molecule has 46 heavy (non-hydrogen) atoms. The highest BCUT2D eigenvalue weighted by molar-refractivity contribution is 7.25. The van der Waals surface area contributed by atoms with Gasteiger partial charge in [-0.3, -0.25) is 0 Å². The molecule has 0 saturated carbocycles. The van der Waals surface area contributed by atoms with Gasteiger partial charge < -0.3 is 4.57 Å². The van der Waals surface area contributed by atoms with E-state index in [-0.39, 0.29) is 0 Å². The lowest BCUT2D eigenvalue weighted by molar-refractivity contribution is 1.18. The SMILES string of the molecule is N#Cc1ccc2c(c1)c1ccccc1n2-c1cccc(-c2cc(-c3ccccc3)cc(-c3ccc4sc5ccccc5c4c3)c2)c1. The summed E-state index contributed by atoms with van der Waals surface area (Å²) in [5.41, 5.74) is 11.1. The molecule has 0 unspecified atom stereocenters. The zero-order valence-corrected chi connectivity index (χ0v) is 25.6. The fourth-order valence-corrected chi connectivity index (χ4v) is 7.90. The Bertz CT molecular complexity index is 2650. The molecule has 0 radical (unpaired) electrons. The molecule has 9 rings (SSSR count).